The van der Waals surface area contributed by atoms with Gasteiger partial charge in [-0.05, 0) is 33.6 Å². The molecular weight excluding hydrogens is 212 g/mol. The van der Waals surface area contributed by atoms with Crippen LogP contribution in [0.2, 0.25) is 0 Å². The Morgan fingerprint density at radius 1 is 1.47 bits per heavy atom. The second-order valence-corrected chi connectivity index (χ2v) is 6.23. The van der Waals surface area contributed by atoms with Gasteiger partial charge in [0.25, 0.3) is 0 Å². The fraction of sp³-hybridized carbons (Fsp3) is 0.636. The van der Waals surface area contributed by atoms with Crippen molar-refractivity contribution in [1.82, 2.24) is 0 Å². The molecule has 0 amide bonds. The molecule has 4 heteroatoms. The molecule has 1 aliphatic rings. The molecule has 3 nitrogen and oxygen atoms in total. The van der Waals surface area contributed by atoms with Crippen molar-refractivity contribution in [3.63, 3.8) is 0 Å². The molecule has 0 N–H and O–H groups in total. The van der Waals surface area contributed by atoms with Gasteiger partial charge in [0.2, 0.25) is 0 Å². The van der Waals surface area contributed by atoms with E-state index in [4.69, 9.17) is 4.74 Å². The minimum Gasteiger partial charge on any atom is -0.434 e. The van der Waals surface area contributed by atoms with Crippen LogP contribution in [-0.2, 0) is 14.3 Å². The number of hydrogen-bond donors (Lipinski definition) is 0. The molecule has 0 aromatic carbocycles. The van der Waals surface area contributed by atoms with E-state index in [0.29, 0.717) is 0 Å². The minimum atomic E-state index is -0.522. The number of carbonyl (C=O) groups excluding carboxylic acids is 2. The zero-order valence-corrected chi connectivity index (χ0v) is 10.1. The van der Waals surface area contributed by atoms with Gasteiger partial charge in [0, 0.05) is 0 Å². The first kappa shape index (κ1) is 12.3. The quantitative estimate of drug-likeness (QED) is 0.411. The molecule has 0 aromatic rings. The molecule has 0 heterocycles. The maximum atomic E-state index is 11.7. The van der Waals surface area contributed by atoms with Gasteiger partial charge in [-0.25, -0.2) is 0 Å². The molecule has 1 aliphatic carbocycles. The van der Waals surface area contributed by atoms with E-state index in [0.717, 1.165) is 19.1 Å². The Kier molecular flexibility index (Phi) is 3.60. The molecule has 0 saturated heterocycles. The van der Waals surface area contributed by atoms with E-state index in [-0.39, 0.29) is 5.97 Å². The van der Waals surface area contributed by atoms with Gasteiger partial charge in [-0.1, -0.05) is 6.08 Å². The Morgan fingerprint density at radius 3 is 2.47 bits per heavy atom. The van der Waals surface area contributed by atoms with Crippen LogP contribution in [-0.4, -0.2) is 21.7 Å². The van der Waals surface area contributed by atoms with Crippen molar-refractivity contribution in [3.05, 3.63) is 12.3 Å². The highest BCUT2D eigenvalue weighted by Crippen LogP contribution is 2.53. The second-order valence-electron chi connectivity index (χ2n) is 4.19. The summed E-state index contributed by atoms with van der Waals surface area (Å²) < 4.78 is 3.95. The number of carbonyl (C=O) groups is 2. The Hall–Kier alpha value is -0.770. The van der Waals surface area contributed by atoms with Crippen LogP contribution < -0.4 is 0 Å². The van der Waals surface area contributed by atoms with Gasteiger partial charge in [0.05, 0.1) is 11.0 Å². The average Bonchev–Trinajstić information content (AvgIpc) is 2.94. The van der Waals surface area contributed by atoms with Crippen molar-refractivity contribution in [2.24, 2.45) is 0 Å². The first-order valence-corrected chi connectivity index (χ1v) is 5.76. The molecule has 0 aliphatic heterocycles. The molecule has 0 aromatic heterocycles. The molecule has 0 radical (unpaired) electrons. The molecule has 0 bridgehead atoms. The number of esters is 1. The lowest BCUT2D eigenvalue weighted by Gasteiger charge is -2.22. The van der Waals surface area contributed by atoms with E-state index in [1.165, 1.54) is 18.0 Å². The van der Waals surface area contributed by atoms with E-state index in [9.17, 15) is 9.59 Å². The van der Waals surface area contributed by atoms with E-state index >= 15 is 0 Å². The summed E-state index contributed by atoms with van der Waals surface area (Å²) in [6.07, 6.45) is 5.53. The number of allylic oxidation sites excluding steroid dienone is 1. The van der Waals surface area contributed by atoms with Crippen LogP contribution in [0.1, 0.15) is 33.6 Å². The third kappa shape index (κ3) is 3.09. The van der Waals surface area contributed by atoms with Gasteiger partial charge < -0.3 is 9.53 Å². The number of thioether (sulfide) groups is 1. The largest absolute Gasteiger partial charge is 0.434 e. The van der Waals surface area contributed by atoms with Crippen LogP contribution in [0.3, 0.4) is 0 Å². The summed E-state index contributed by atoms with van der Waals surface area (Å²) in [5, 5.41) is 0. The Balaban J connectivity index is 2.60. The van der Waals surface area contributed by atoms with Gasteiger partial charge in [0.15, 0.2) is 0 Å². The lowest BCUT2D eigenvalue weighted by Crippen LogP contribution is -2.28. The average molecular weight is 228 g/mol. The van der Waals surface area contributed by atoms with Crippen molar-refractivity contribution < 1.29 is 14.3 Å². The Labute approximate surface area is 94.3 Å². The van der Waals surface area contributed by atoms with Crippen LogP contribution in [0.25, 0.3) is 0 Å². The maximum absolute atomic E-state index is 11.7. The maximum Gasteiger partial charge on any atom is 0.327 e. The summed E-state index contributed by atoms with van der Waals surface area (Å²) in [6, 6.07) is 0. The molecule has 84 valence electrons. The smallest absolute Gasteiger partial charge is 0.327 e. The normalized spacial score (nSPS) is 18.9. The number of ether oxygens (including phenoxy) is 1. The summed E-state index contributed by atoms with van der Waals surface area (Å²) >= 11 is 1.40. The molecule has 1 saturated carbocycles. The summed E-state index contributed by atoms with van der Waals surface area (Å²) in [7, 11) is 0. The van der Waals surface area contributed by atoms with Gasteiger partial charge in [-0.2, -0.15) is 0 Å². The van der Waals surface area contributed by atoms with Gasteiger partial charge in [-0.15, -0.1) is 11.8 Å². The molecule has 1 rings (SSSR count). The van der Waals surface area contributed by atoms with Crippen LogP contribution in [0.4, 0.5) is 0 Å². The molecule has 15 heavy (non-hydrogen) atoms. The fourth-order valence-electron chi connectivity index (χ4n) is 1.23. The fourth-order valence-corrected chi connectivity index (χ4v) is 2.72. The third-order valence-corrected chi connectivity index (χ3v) is 3.72. The lowest BCUT2D eigenvalue weighted by atomic mass is 10.2. The van der Waals surface area contributed by atoms with Crippen LogP contribution in [0, 0.1) is 0 Å². The van der Waals surface area contributed by atoms with Crippen molar-refractivity contribution >= 4 is 24.0 Å². The van der Waals surface area contributed by atoms with E-state index in [2.05, 4.69) is 0 Å². The van der Waals surface area contributed by atoms with Gasteiger partial charge >= 0.3 is 5.97 Å². The zero-order chi connectivity index (χ0) is 11.5. The Morgan fingerprint density at radius 2 is 2.07 bits per heavy atom. The van der Waals surface area contributed by atoms with Crippen molar-refractivity contribution in [3.8, 4) is 0 Å². The predicted molar refractivity (Wildman–Crippen MR) is 60.6 cm³/mol. The standard InChI is InChI=1S/C11H16O3S/c1-4-7-14-9(13)11(5-6-11)15-10(2,3)8-12/h4,7-8H,5-6H2,1-3H3. The summed E-state index contributed by atoms with van der Waals surface area (Å²) in [6.45, 7) is 5.41. The molecule has 0 atom stereocenters. The second kappa shape index (κ2) is 4.39. The number of rotatable bonds is 5. The molecule has 1 fully saturated rings. The van der Waals surface area contributed by atoms with E-state index in [1.54, 1.807) is 13.0 Å². The monoisotopic (exact) mass is 228 g/mol. The summed E-state index contributed by atoms with van der Waals surface area (Å²) in [4.78, 5) is 22.5. The van der Waals surface area contributed by atoms with Crippen molar-refractivity contribution in [2.75, 3.05) is 0 Å². The summed E-state index contributed by atoms with van der Waals surface area (Å²) in [5.41, 5.74) is 0. The highest BCUT2D eigenvalue weighted by molar-refractivity contribution is 8.03. The minimum absolute atomic E-state index is 0.236. The predicted octanol–water partition coefficient (Wildman–Crippen LogP) is 2.31. The Bertz CT molecular complexity index is 290. The van der Waals surface area contributed by atoms with Gasteiger partial charge in [-0.3, -0.25) is 4.79 Å². The van der Waals surface area contributed by atoms with Crippen molar-refractivity contribution in [2.45, 2.75) is 43.1 Å². The highest BCUT2D eigenvalue weighted by Gasteiger charge is 2.54. The van der Waals surface area contributed by atoms with Crippen LogP contribution in [0.15, 0.2) is 12.3 Å². The first-order valence-electron chi connectivity index (χ1n) is 4.94. The van der Waals surface area contributed by atoms with Crippen LogP contribution >= 0.6 is 11.8 Å². The molecular formula is C11H16O3S. The van der Waals surface area contributed by atoms with Crippen molar-refractivity contribution in [1.29, 1.82) is 0 Å². The number of aldehydes is 1. The number of hydrogen-bond acceptors (Lipinski definition) is 4. The zero-order valence-electron chi connectivity index (χ0n) is 9.28. The topological polar surface area (TPSA) is 43.4 Å². The summed E-state index contributed by atoms with van der Waals surface area (Å²) in [5.74, 6) is -0.236. The highest BCUT2D eigenvalue weighted by atomic mass is 32.2. The molecule has 0 spiro atoms. The van der Waals surface area contributed by atoms with Gasteiger partial charge in [0.1, 0.15) is 11.0 Å². The lowest BCUT2D eigenvalue weighted by molar-refractivity contribution is -0.138. The third-order valence-electron chi connectivity index (χ3n) is 2.13. The first-order chi connectivity index (χ1) is 6.96. The van der Waals surface area contributed by atoms with E-state index in [1.807, 2.05) is 13.8 Å². The van der Waals surface area contributed by atoms with Crippen LogP contribution in [0.5, 0.6) is 0 Å². The SMILES string of the molecule is CC=COC(=O)C1(SC(C)(C)C=O)CC1. The molecule has 0 unspecified atom stereocenters. The van der Waals surface area contributed by atoms with E-state index < -0.39 is 9.49 Å².